The summed E-state index contributed by atoms with van der Waals surface area (Å²) in [6.45, 7) is 0.894. The Kier molecular flexibility index (Phi) is 3.29. The van der Waals surface area contributed by atoms with Crippen molar-refractivity contribution in [1.82, 2.24) is 14.7 Å². The minimum Gasteiger partial charge on any atom is -0.319 e. The van der Waals surface area contributed by atoms with Crippen LogP contribution in [0.4, 0.5) is 0 Å². The molecule has 0 aliphatic heterocycles. The molecule has 0 saturated carbocycles. The summed E-state index contributed by atoms with van der Waals surface area (Å²) in [6, 6.07) is 3.95. The third-order valence-corrected chi connectivity index (χ3v) is 3.00. The Labute approximate surface area is 102 Å². The maximum absolute atomic E-state index is 6.06. The summed E-state index contributed by atoms with van der Waals surface area (Å²) in [7, 11) is 1.92. The van der Waals surface area contributed by atoms with Crippen molar-refractivity contribution in [3.63, 3.8) is 0 Å². The summed E-state index contributed by atoms with van der Waals surface area (Å²) < 4.78 is 3.03. The molecule has 0 spiro atoms. The van der Waals surface area contributed by atoms with Crippen LogP contribution in [-0.2, 0) is 6.42 Å². The third kappa shape index (κ3) is 2.17. The van der Waals surface area contributed by atoms with Crippen LogP contribution in [0.5, 0.6) is 0 Å². The Morgan fingerprint density at radius 1 is 1.60 bits per heavy atom. The van der Waals surface area contributed by atoms with Crippen LogP contribution in [-0.4, -0.2) is 23.0 Å². The second-order valence-corrected chi connectivity index (χ2v) is 4.55. The average Bonchev–Trinajstić information content (AvgIpc) is 2.53. The molecular formula is C10H11BrClN3. The highest BCUT2D eigenvalue weighted by molar-refractivity contribution is 9.10. The van der Waals surface area contributed by atoms with Gasteiger partial charge in [0.25, 0.3) is 0 Å². The van der Waals surface area contributed by atoms with Gasteiger partial charge in [0.1, 0.15) is 5.82 Å². The topological polar surface area (TPSA) is 29.3 Å². The van der Waals surface area contributed by atoms with Crippen molar-refractivity contribution >= 4 is 33.0 Å². The first-order valence-corrected chi connectivity index (χ1v) is 5.86. The van der Waals surface area contributed by atoms with Gasteiger partial charge in [0, 0.05) is 23.6 Å². The predicted molar refractivity (Wildman–Crippen MR) is 65.5 cm³/mol. The quantitative estimate of drug-likeness (QED) is 0.940. The number of pyridine rings is 1. The second-order valence-electron chi connectivity index (χ2n) is 3.27. The van der Waals surface area contributed by atoms with Crippen molar-refractivity contribution in [2.24, 2.45) is 0 Å². The molecule has 0 aliphatic rings. The zero-order chi connectivity index (χ0) is 10.8. The number of nitrogens with zero attached hydrogens (tertiary/aromatic N) is 2. The Bertz CT molecular complexity index is 481. The van der Waals surface area contributed by atoms with Gasteiger partial charge >= 0.3 is 0 Å². The molecule has 3 nitrogen and oxygen atoms in total. The molecule has 0 saturated heterocycles. The lowest BCUT2D eigenvalue weighted by Crippen LogP contribution is -2.12. The van der Waals surface area contributed by atoms with Gasteiger partial charge in [-0.1, -0.05) is 27.5 Å². The molecular weight excluding hydrogens is 277 g/mol. The molecule has 0 aromatic carbocycles. The molecule has 0 atom stereocenters. The van der Waals surface area contributed by atoms with Crippen LogP contribution in [0.3, 0.4) is 0 Å². The lowest BCUT2D eigenvalue weighted by molar-refractivity contribution is 0.753. The molecule has 2 aromatic heterocycles. The normalized spacial score (nSPS) is 11.1. The Hall–Kier alpha value is -0.580. The van der Waals surface area contributed by atoms with E-state index in [1.165, 1.54) is 0 Å². The first-order valence-electron chi connectivity index (χ1n) is 4.69. The van der Waals surface area contributed by atoms with E-state index in [4.69, 9.17) is 11.6 Å². The molecule has 2 aromatic rings. The van der Waals surface area contributed by atoms with Gasteiger partial charge in [0.15, 0.2) is 5.15 Å². The van der Waals surface area contributed by atoms with E-state index in [2.05, 4.69) is 26.2 Å². The molecule has 0 fully saturated rings. The Balaban J connectivity index is 2.48. The maximum Gasteiger partial charge on any atom is 0.155 e. The van der Waals surface area contributed by atoms with Crippen molar-refractivity contribution in [2.75, 3.05) is 13.6 Å². The largest absolute Gasteiger partial charge is 0.319 e. The predicted octanol–water partition coefficient (Wildman–Crippen LogP) is 2.51. The first-order chi connectivity index (χ1) is 7.22. The number of hydrogen-bond donors (Lipinski definition) is 1. The van der Waals surface area contributed by atoms with E-state index in [-0.39, 0.29) is 0 Å². The number of imidazole rings is 1. The Morgan fingerprint density at radius 2 is 2.40 bits per heavy atom. The summed E-state index contributed by atoms with van der Waals surface area (Å²) in [5.41, 5.74) is 0.942. The highest BCUT2D eigenvalue weighted by Crippen LogP contribution is 2.22. The van der Waals surface area contributed by atoms with Crippen molar-refractivity contribution in [2.45, 2.75) is 6.42 Å². The monoisotopic (exact) mass is 287 g/mol. The van der Waals surface area contributed by atoms with Gasteiger partial charge in [-0.15, -0.1) is 0 Å². The molecule has 0 radical (unpaired) electrons. The van der Waals surface area contributed by atoms with Crippen LogP contribution in [0, 0.1) is 0 Å². The Morgan fingerprint density at radius 3 is 3.13 bits per heavy atom. The maximum atomic E-state index is 6.06. The summed E-state index contributed by atoms with van der Waals surface area (Å²) in [4.78, 5) is 4.34. The van der Waals surface area contributed by atoms with Crippen molar-refractivity contribution in [3.05, 3.63) is 33.8 Å². The van der Waals surface area contributed by atoms with Crippen molar-refractivity contribution in [3.8, 4) is 0 Å². The molecule has 2 heterocycles. The minimum atomic E-state index is 0.558. The molecule has 80 valence electrons. The van der Waals surface area contributed by atoms with Gasteiger partial charge in [-0.25, -0.2) is 4.98 Å². The molecule has 0 amide bonds. The van der Waals surface area contributed by atoms with E-state index in [1.54, 1.807) is 0 Å². The van der Waals surface area contributed by atoms with E-state index in [9.17, 15) is 0 Å². The van der Waals surface area contributed by atoms with Gasteiger partial charge < -0.3 is 9.72 Å². The van der Waals surface area contributed by atoms with Crippen LogP contribution >= 0.6 is 27.5 Å². The van der Waals surface area contributed by atoms with E-state index < -0.39 is 0 Å². The number of halogens is 2. The van der Waals surface area contributed by atoms with Crippen LogP contribution < -0.4 is 5.32 Å². The summed E-state index contributed by atoms with van der Waals surface area (Å²) >= 11 is 9.47. The number of rotatable bonds is 3. The second kappa shape index (κ2) is 4.51. The SMILES string of the molecule is CNCCc1nc(Cl)c2cc(Br)ccn12. The van der Waals surface area contributed by atoms with E-state index in [0.29, 0.717) is 5.15 Å². The lowest BCUT2D eigenvalue weighted by Gasteiger charge is -2.00. The van der Waals surface area contributed by atoms with Crippen LogP contribution in [0.2, 0.25) is 5.15 Å². The van der Waals surface area contributed by atoms with E-state index in [0.717, 1.165) is 28.8 Å². The molecule has 5 heteroatoms. The van der Waals surface area contributed by atoms with Gasteiger partial charge in [0.05, 0.1) is 5.52 Å². The minimum absolute atomic E-state index is 0.558. The first kappa shape index (κ1) is 10.9. The molecule has 0 unspecified atom stereocenters. The fourth-order valence-corrected chi connectivity index (χ4v) is 2.07. The van der Waals surface area contributed by atoms with Crippen LogP contribution in [0.25, 0.3) is 5.52 Å². The fraction of sp³-hybridized carbons (Fsp3) is 0.300. The standard InChI is InChI=1S/C10H11BrClN3/c1-13-4-2-9-14-10(12)8-6-7(11)3-5-15(8)9/h3,5-6,13H,2,4H2,1H3. The zero-order valence-electron chi connectivity index (χ0n) is 8.30. The van der Waals surface area contributed by atoms with Gasteiger partial charge in [-0.2, -0.15) is 0 Å². The number of fused-ring (bicyclic) bond motifs is 1. The average molecular weight is 289 g/mol. The summed E-state index contributed by atoms with van der Waals surface area (Å²) in [6.07, 6.45) is 2.84. The lowest BCUT2D eigenvalue weighted by atomic mass is 10.4. The number of hydrogen-bond acceptors (Lipinski definition) is 2. The molecule has 0 bridgehead atoms. The molecule has 2 rings (SSSR count). The molecule has 0 aliphatic carbocycles. The van der Waals surface area contributed by atoms with Gasteiger partial charge in [0.2, 0.25) is 0 Å². The summed E-state index contributed by atoms with van der Waals surface area (Å²) in [5, 5.41) is 3.65. The number of nitrogens with one attached hydrogen (secondary N) is 1. The zero-order valence-corrected chi connectivity index (χ0v) is 10.6. The van der Waals surface area contributed by atoms with E-state index >= 15 is 0 Å². The highest BCUT2D eigenvalue weighted by atomic mass is 79.9. The van der Waals surface area contributed by atoms with Crippen LogP contribution in [0.1, 0.15) is 5.82 Å². The summed E-state index contributed by atoms with van der Waals surface area (Å²) in [5.74, 6) is 0.983. The van der Waals surface area contributed by atoms with Gasteiger partial charge in [-0.05, 0) is 19.2 Å². The molecule has 15 heavy (non-hydrogen) atoms. The smallest absolute Gasteiger partial charge is 0.155 e. The number of aromatic nitrogens is 2. The van der Waals surface area contributed by atoms with E-state index in [1.807, 2.05) is 29.8 Å². The van der Waals surface area contributed by atoms with Crippen LogP contribution in [0.15, 0.2) is 22.8 Å². The number of likely N-dealkylation sites (N-methyl/N-ethyl adjacent to an activating group) is 1. The highest BCUT2D eigenvalue weighted by Gasteiger charge is 2.08. The van der Waals surface area contributed by atoms with Crippen molar-refractivity contribution < 1.29 is 0 Å². The fourth-order valence-electron chi connectivity index (χ4n) is 1.50. The molecule has 1 N–H and O–H groups in total. The van der Waals surface area contributed by atoms with Gasteiger partial charge in [-0.3, -0.25) is 0 Å². The van der Waals surface area contributed by atoms with Crippen molar-refractivity contribution in [1.29, 1.82) is 0 Å². The third-order valence-electron chi connectivity index (χ3n) is 2.23.